The zero-order chi connectivity index (χ0) is 24.1. The number of hydrogen-bond acceptors (Lipinski definition) is 6. The second kappa shape index (κ2) is 10.7. The van der Waals surface area contributed by atoms with E-state index in [1.54, 1.807) is 6.08 Å². The van der Waals surface area contributed by atoms with Gasteiger partial charge in [0.1, 0.15) is 11.4 Å². The second-order valence-corrected chi connectivity index (χ2v) is 9.38. The van der Waals surface area contributed by atoms with E-state index in [0.29, 0.717) is 68.4 Å². The average Bonchev–Trinajstić information content (AvgIpc) is 2.75. The summed E-state index contributed by atoms with van der Waals surface area (Å²) >= 11 is 0. The summed E-state index contributed by atoms with van der Waals surface area (Å²) in [6.07, 6.45) is 6.46. The second-order valence-electron chi connectivity index (χ2n) is 9.38. The van der Waals surface area contributed by atoms with Crippen LogP contribution < -0.4 is 10.6 Å². The molecular weight excluding hydrogens is 429 g/mol. The molecule has 0 amide bonds. The van der Waals surface area contributed by atoms with Gasteiger partial charge in [0.2, 0.25) is 17.8 Å². The molecule has 9 heteroatoms. The summed E-state index contributed by atoms with van der Waals surface area (Å²) in [7, 11) is 0. The van der Waals surface area contributed by atoms with Gasteiger partial charge in [-0.25, -0.2) is 13.2 Å². The van der Waals surface area contributed by atoms with Crippen molar-refractivity contribution in [3.8, 4) is 0 Å². The molecule has 2 aliphatic rings. The van der Waals surface area contributed by atoms with Crippen LogP contribution >= 0.6 is 0 Å². The van der Waals surface area contributed by atoms with E-state index in [4.69, 9.17) is 0 Å². The predicted octanol–water partition coefficient (Wildman–Crippen LogP) is 6.34. The molecule has 6 nitrogen and oxygen atoms in total. The highest BCUT2D eigenvalue weighted by molar-refractivity contribution is 5.85. The van der Waals surface area contributed by atoms with Crippen LogP contribution in [-0.4, -0.2) is 44.3 Å². The fraction of sp³-hybridized carbons (Fsp3) is 0.667. The van der Waals surface area contributed by atoms with Gasteiger partial charge in [0.05, 0.1) is 0 Å². The van der Waals surface area contributed by atoms with E-state index < -0.39 is 11.6 Å². The highest BCUT2D eigenvalue weighted by Gasteiger charge is 2.36. The van der Waals surface area contributed by atoms with Gasteiger partial charge >= 0.3 is 0 Å². The molecule has 0 bridgehead atoms. The first-order valence-corrected chi connectivity index (χ1v) is 11.8. The number of anilines is 2. The number of rotatable bonds is 8. The van der Waals surface area contributed by atoms with Crippen LogP contribution in [0, 0.1) is 0 Å². The summed E-state index contributed by atoms with van der Waals surface area (Å²) in [4.78, 5) is 18.1. The van der Waals surface area contributed by atoms with Gasteiger partial charge in [-0.1, -0.05) is 12.2 Å². The molecule has 2 aliphatic carbocycles. The monoisotopic (exact) mass is 464 g/mol. The summed E-state index contributed by atoms with van der Waals surface area (Å²) in [5.74, 6) is -1.48. The molecule has 0 spiro atoms. The predicted molar refractivity (Wildman–Crippen MR) is 128 cm³/mol. The maximum absolute atomic E-state index is 14.8. The number of halogens is 3. The molecule has 33 heavy (non-hydrogen) atoms. The fourth-order valence-electron chi connectivity index (χ4n) is 4.40. The van der Waals surface area contributed by atoms with Crippen molar-refractivity contribution in [1.82, 2.24) is 15.0 Å². The van der Waals surface area contributed by atoms with Crippen LogP contribution in [0.2, 0.25) is 0 Å². The quantitative estimate of drug-likeness (QED) is 0.347. The van der Waals surface area contributed by atoms with Crippen LogP contribution in [0.25, 0.3) is 5.70 Å². The topological polar surface area (TPSA) is 75.1 Å². The van der Waals surface area contributed by atoms with Crippen molar-refractivity contribution < 1.29 is 13.2 Å². The molecule has 1 heterocycles. The molecule has 2 N–H and O–H groups in total. The van der Waals surface area contributed by atoms with E-state index in [2.05, 4.69) is 37.2 Å². The summed E-state index contributed by atoms with van der Waals surface area (Å²) < 4.78 is 41.9. The highest BCUT2D eigenvalue weighted by atomic mass is 19.3. The minimum Gasteiger partial charge on any atom is -0.351 e. The van der Waals surface area contributed by atoms with E-state index in [9.17, 15) is 13.2 Å². The van der Waals surface area contributed by atoms with Crippen molar-refractivity contribution in [2.45, 2.75) is 102 Å². The number of nitrogens with zero attached hydrogens (tertiary/aromatic N) is 4. The maximum Gasteiger partial charge on any atom is 0.248 e. The summed E-state index contributed by atoms with van der Waals surface area (Å²) in [5, 5.41) is 6.55. The first-order valence-electron chi connectivity index (χ1n) is 11.8. The molecule has 2 fully saturated rings. The molecule has 1 aromatic heterocycles. The minimum atomic E-state index is -2.60. The zero-order valence-electron chi connectivity index (χ0n) is 19.8. The van der Waals surface area contributed by atoms with Crippen molar-refractivity contribution in [2.75, 3.05) is 10.6 Å². The zero-order valence-corrected chi connectivity index (χ0v) is 19.8. The van der Waals surface area contributed by atoms with Gasteiger partial charge in [0.25, 0.3) is 0 Å². The van der Waals surface area contributed by atoms with Crippen LogP contribution in [0.3, 0.4) is 0 Å². The standard InChI is InChI=1S/C24H35F3N6/c1-5-11-23(25)12-7-17(8-13-23)29-21-31-20(19(6-2)28-16(3)4)32-22(33-21)30-18-9-14-24(26,27)15-10-18/h5-6,17-18H,1,7-15H2,2-4H3,(H2,29,30,31,32,33). The van der Waals surface area contributed by atoms with Gasteiger partial charge in [0, 0.05) is 30.6 Å². The lowest BCUT2D eigenvalue weighted by atomic mass is 9.81. The molecule has 0 unspecified atom stereocenters. The van der Waals surface area contributed by atoms with Gasteiger partial charge in [-0.05, 0) is 65.7 Å². The largest absolute Gasteiger partial charge is 0.351 e. The normalized spacial score (nSPS) is 25.9. The van der Waals surface area contributed by atoms with Gasteiger partial charge < -0.3 is 10.6 Å². The molecule has 0 aliphatic heterocycles. The lowest BCUT2D eigenvalue weighted by Crippen LogP contribution is -2.35. The van der Waals surface area contributed by atoms with Crippen molar-refractivity contribution >= 4 is 23.3 Å². The van der Waals surface area contributed by atoms with Crippen LogP contribution in [-0.2, 0) is 0 Å². The Kier molecular flexibility index (Phi) is 8.13. The Bertz CT molecular complexity index is 876. The molecule has 1 aromatic rings. The summed E-state index contributed by atoms with van der Waals surface area (Å²) in [6.45, 7) is 9.29. The Morgan fingerprint density at radius 2 is 1.48 bits per heavy atom. The molecule has 0 radical (unpaired) electrons. The lowest BCUT2D eigenvalue weighted by molar-refractivity contribution is -0.0361. The number of aliphatic imine (C=N–C) groups is 1. The Hall–Kier alpha value is -2.45. The van der Waals surface area contributed by atoms with Crippen LogP contribution in [0.4, 0.5) is 25.1 Å². The first kappa shape index (κ1) is 25.2. The average molecular weight is 465 g/mol. The number of alkyl halides is 3. The van der Waals surface area contributed by atoms with Crippen molar-refractivity contribution in [1.29, 1.82) is 0 Å². The molecule has 0 saturated heterocycles. The maximum atomic E-state index is 14.8. The molecular formula is C24H35F3N6. The van der Waals surface area contributed by atoms with Crippen molar-refractivity contribution in [3.05, 3.63) is 24.6 Å². The Labute approximate surface area is 194 Å². The summed E-state index contributed by atoms with van der Waals surface area (Å²) in [5.41, 5.74) is 0.276. The van der Waals surface area contributed by atoms with Crippen molar-refractivity contribution in [3.63, 3.8) is 0 Å². The molecule has 2 saturated carbocycles. The highest BCUT2D eigenvalue weighted by Crippen LogP contribution is 2.36. The van der Waals surface area contributed by atoms with E-state index in [1.807, 2.05) is 26.8 Å². The van der Waals surface area contributed by atoms with Crippen LogP contribution in [0.15, 0.2) is 23.7 Å². The molecule has 3 rings (SSSR count). The van der Waals surface area contributed by atoms with E-state index >= 15 is 0 Å². The van der Waals surface area contributed by atoms with Gasteiger partial charge in [-0.15, -0.1) is 6.58 Å². The van der Waals surface area contributed by atoms with Gasteiger partial charge in [-0.2, -0.15) is 15.0 Å². The molecule has 0 atom stereocenters. The number of allylic oxidation sites excluding steroid dienone is 2. The van der Waals surface area contributed by atoms with Gasteiger partial charge in [-0.3, -0.25) is 4.99 Å². The summed E-state index contributed by atoms with van der Waals surface area (Å²) in [6, 6.07) is -0.0837. The minimum absolute atomic E-state index is 0.0423. The van der Waals surface area contributed by atoms with Crippen LogP contribution in [0.5, 0.6) is 0 Å². The Balaban J connectivity index is 1.79. The third-order valence-corrected chi connectivity index (χ3v) is 6.26. The van der Waals surface area contributed by atoms with E-state index in [1.165, 1.54) is 0 Å². The lowest BCUT2D eigenvalue weighted by Gasteiger charge is -2.33. The number of aromatic nitrogens is 3. The van der Waals surface area contributed by atoms with Crippen molar-refractivity contribution in [2.24, 2.45) is 4.99 Å². The Morgan fingerprint density at radius 3 is 1.94 bits per heavy atom. The third kappa shape index (κ3) is 7.27. The third-order valence-electron chi connectivity index (χ3n) is 6.26. The van der Waals surface area contributed by atoms with Gasteiger partial charge in [0.15, 0.2) is 5.82 Å². The van der Waals surface area contributed by atoms with E-state index in [0.717, 1.165) is 5.71 Å². The smallest absolute Gasteiger partial charge is 0.248 e. The number of nitrogens with one attached hydrogen (secondary N) is 2. The Morgan fingerprint density at radius 1 is 0.970 bits per heavy atom. The fourth-order valence-corrected chi connectivity index (χ4v) is 4.40. The molecule has 182 valence electrons. The van der Waals surface area contributed by atoms with E-state index in [-0.39, 0.29) is 24.9 Å². The van der Waals surface area contributed by atoms with Crippen LogP contribution in [0.1, 0.15) is 84.4 Å². The SMILES string of the molecule is C=CCC1(F)CCC(Nc2nc(NC3CCC(F)(F)CC3)nc(C(=CC)N=C(C)C)n2)CC1. The molecule has 0 aromatic carbocycles. The first-order chi connectivity index (χ1) is 15.6. The number of hydrogen-bond donors (Lipinski definition) is 2.